The van der Waals surface area contributed by atoms with Gasteiger partial charge in [0.2, 0.25) is 10.0 Å². The quantitative estimate of drug-likeness (QED) is 0.328. The van der Waals surface area contributed by atoms with Crippen LogP contribution in [0.5, 0.6) is 5.75 Å². The standard InChI is InChI=1S/C26H25N3O5S/c1-28(18-20-7-4-3-5-8-20)35(31,32)25-17-22(11-14-24(25)33-2)26(30)34-19-21-9-12-23(13-10-21)29-16-6-15-27-29/h3-17H,18-19H2,1-2H3. The zero-order valence-corrected chi connectivity index (χ0v) is 20.2. The maximum Gasteiger partial charge on any atom is 0.338 e. The third-order valence-corrected chi connectivity index (χ3v) is 7.24. The Labute approximate surface area is 204 Å². The fraction of sp³-hybridized carbons (Fsp3) is 0.154. The van der Waals surface area contributed by atoms with E-state index in [4.69, 9.17) is 9.47 Å². The molecule has 9 heteroatoms. The number of hydrogen-bond donors (Lipinski definition) is 0. The minimum absolute atomic E-state index is 0.0419. The summed E-state index contributed by atoms with van der Waals surface area (Å²) in [5.74, 6) is -0.485. The Morgan fingerprint density at radius 3 is 2.37 bits per heavy atom. The molecule has 0 aliphatic rings. The van der Waals surface area contributed by atoms with Gasteiger partial charge in [-0.15, -0.1) is 0 Å². The Bertz CT molecular complexity index is 1390. The van der Waals surface area contributed by atoms with E-state index in [1.54, 1.807) is 10.9 Å². The SMILES string of the molecule is COc1ccc(C(=O)OCc2ccc(-n3cccn3)cc2)cc1S(=O)(=O)N(C)Cc1ccccc1. The van der Waals surface area contributed by atoms with E-state index in [1.165, 1.54) is 36.7 Å². The van der Waals surface area contributed by atoms with Crippen molar-refractivity contribution in [3.8, 4) is 11.4 Å². The summed E-state index contributed by atoms with van der Waals surface area (Å²) in [6.45, 7) is 0.218. The lowest BCUT2D eigenvalue weighted by Crippen LogP contribution is -2.27. The molecule has 0 bridgehead atoms. The molecule has 0 spiro atoms. The van der Waals surface area contributed by atoms with Gasteiger partial charge in [0.15, 0.2) is 0 Å². The Morgan fingerprint density at radius 2 is 1.71 bits per heavy atom. The Morgan fingerprint density at radius 1 is 0.971 bits per heavy atom. The van der Waals surface area contributed by atoms with Gasteiger partial charge in [-0.3, -0.25) is 0 Å². The van der Waals surface area contributed by atoms with Gasteiger partial charge in [0.1, 0.15) is 17.3 Å². The molecular formula is C26H25N3O5S. The largest absolute Gasteiger partial charge is 0.495 e. The van der Waals surface area contributed by atoms with Gasteiger partial charge < -0.3 is 9.47 Å². The van der Waals surface area contributed by atoms with Crippen LogP contribution in [0.4, 0.5) is 0 Å². The number of aromatic nitrogens is 2. The molecule has 4 rings (SSSR count). The van der Waals surface area contributed by atoms with Gasteiger partial charge in [0.05, 0.1) is 18.4 Å². The lowest BCUT2D eigenvalue weighted by molar-refractivity contribution is 0.0472. The molecule has 0 saturated carbocycles. The van der Waals surface area contributed by atoms with Crippen LogP contribution in [0, 0.1) is 0 Å². The maximum atomic E-state index is 13.3. The van der Waals surface area contributed by atoms with Gasteiger partial charge in [-0.25, -0.2) is 17.9 Å². The molecule has 0 amide bonds. The van der Waals surface area contributed by atoms with Crippen LogP contribution in [0.25, 0.3) is 5.69 Å². The summed E-state index contributed by atoms with van der Waals surface area (Å²) < 4.78 is 40.2. The van der Waals surface area contributed by atoms with Gasteiger partial charge in [-0.1, -0.05) is 42.5 Å². The number of rotatable bonds is 9. The zero-order valence-electron chi connectivity index (χ0n) is 19.4. The number of benzene rings is 3. The molecule has 0 unspecified atom stereocenters. The highest BCUT2D eigenvalue weighted by Gasteiger charge is 2.26. The number of carbonyl (C=O) groups is 1. The van der Waals surface area contributed by atoms with E-state index < -0.39 is 16.0 Å². The first kappa shape index (κ1) is 24.2. The van der Waals surface area contributed by atoms with Crippen molar-refractivity contribution in [3.63, 3.8) is 0 Å². The van der Waals surface area contributed by atoms with E-state index in [2.05, 4.69) is 5.10 Å². The second-order valence-corrected chi connectivity index (χ2v) is 9.82. The van der Waals surface area contributed by atoms with Crippen LogP contribution in [0.3, 0.4) is 0 Å². The number of methoxy groups -OCH3 is 1. The first-order valence-electron chi connectivity index (χ1n) is 10.8. The number of hydrogen-bond acceptors (Lipinski definition) is 6. The summed E-state index contributed by atoms with van der Waals surface area (Å²) in [6, 6.07) is 22.7. The summed E-state index contributed by atoms with van der Waals surface area (Å²) in [7, 11) is -1.07. The van der Waals surface area contributed by atoms with Crippen LogP contribution >= 0.6 is 0 Å². The summed E-state index contributed by atoms with van der Waals surface area (Å²) in [6.07, 6.45) is 3.53. The van der Waals surface area contributed by atoms with Crippen molar-refractivity contribution in [3.05, 3.63) is 108 Å². The minimum atomic E-state index is -3.94. The molecule has 0 radical (unpaired) electrons. The number of sulfonamides is 1. The molecule has 0 aliphatic carbocycles. The van der Waals surface area contributed by atoms with E-state index in [0.717, 1.165) is 16.8 Å². The highest BCUT2D eigenvalue weighted by atomic mass is 32.2. The molecule has 1 heterocycles. The fourth-order valence-corrected chi connectivity index (χ4v) is 4.83. The van der Waals surface area contributed by atoms with Gasteiger partial charge >= 0.3 is 5.97 Å². The van der Waals surface area contributed by atoms with Crippen molar-refractivity contribution in [2.45, 2.75) is 18.0 Å². The van der Waals surface area contributed by atoms with E-state index >= 15 is 0 Å². The monoisotopic (exact) mass is 491 g/mol. The van der Waals surface area contributed by atoms with Crippen molar-refractivity contribution in [1.29, 1.82) is 0 Å². The van der Waals surface area contributed by atoms with E-state index in [0.29, 0.717) is 0 Å². The Balaban J connectivity index is 1.49. The van der Waals surface area contributed by atoms with Crippen molar-refractivity contribution >= 4 is 16.0 Å². The highest BCUT2D eigenvalue weighted by Crippen LogP contribution is 2.28. The van der Waals surface area contributed by atoms with Gasteiger partial charge in [-0.05, 0) is 47.5 Å². The normalized spacial score (nSPS) is 11.4. The number of ether oxygens (including phenoxy) is 2. The van der Waals surface area contributed by atoms with E-state index in [9.17, 15) is 13.2 Å². The van der Waals surface area contributed by atoms with E-state index in [-0.39, 0.29) is 29.4 Å². The lowest BCUT2D eigenvalue weighted by atomic mass is 10.2. The lowest BCUT2D eigenvalue weighted by Gasteiger charge is -2.19. The smallest absolute Gasteiger partial charge is 0.338 e. The van der Waals surface area contributed by atoms with Crippen LogP contribution < -0.4 is 4.74 Å². The van der Waals surface area contributed by atoms with Crippen molar-refractivity contribution in [1.82, 2.24) is 14.1 Å². The molecule has 8 nitrogen and oxygen atoms in total. The molecule has 180 valence electrons. The molecule has 0 saturated heterocycles. The van der Waals surface area contributed by atoms with Crippen molar-refractivity contribution in [2.24, 2.45) is 0 Å². The third-order valence-electron chi connectivity index (χ3n) is 5.41. The predicted octanol–water partition coefficient (Wildman–Crippen LogP) is 4.06. The fourth-order valence-electron chi connectivity index (χ4n) is 3.50. The number of esters is 1. The van der Waals surface area contributed by atoms with Crippen LogP contribution in [-0.4, -0.2) is 42.6 Å². The molecular weight excluding hydrogens is 466 g/mol. The predicted molar refractivity (Wildman–Crippen MR) is 131 cm³/mol. The highest BCUT2D eigenvalue weighted by molar-refractivity contribution is 7.89. The molecule has 0 fully saturated rings. The first-order chi connectivity index (χ1) is 16.9. The van der Waals surface area contributed by atoms with Gasteiger partial charge in [0, 0.05) is 26.0 Å². The molecule has 0 atom stereocenters. The summed E-state index contributed by atoms with van der Waals surface area (Å²) in [5.41, 5.74) is 2.63. The van der Waals surface area contributed by atoms with Crippen LogP contribution in [0.2, 0.25) is 0 Å². The second-order valence-electron chi connectivity index (χ2n) is 7.81. The van der Waals surface area contributed by atoms with Crippen LogP contribution in [0.15, 0.2) is 96.2 Å². The minimum Gasteiger partial charge on any atom is -0.495 e. The van der Waals surface area contributed by atoms with Crippen LogP contribution in [-0.2, 0) is 27.9 Å². The van der Waals surface area contributed by atoms with Crippen LogP contribution in [0.1, 0.15) is 21.5 Å². The van der Waals surface area contributed by atoms with Gasteiger partial charge in [0.25, 0.3) is 0 Å². The van der Waals surface area contributed by atoms with Crippen molar-refractivity contribution in [2.75, 3.05) is 14.2 Å². The Kier molecular flexibility index (Phi) is 7.28. The molecule has 0 aliphatic heterocycles. The number of carbonyl (C=O) groups excluding carboxylic acids is 1. The topological polar surface area (TPSA) is 90.7 Å². The molecule has 3 aromatic carbocycles. The van der Waals surface area contributed by atoms with Crippen molar-refractivity contribution < 1.29 is 22.7 Å². The first-order valence-corrected chi connectivity index (χ1v) is 12.3. The summed E-state index contributed by atoms with van der Waals surface area (Å²) >= 11 is 0. The Hall–Kier alpha value is -3.95. The molecule has 0 N–H and O–H groups in total. The zero-order chi connectivity index (χ0) is 24.8. The second kappa shape index (κ2) is 10.5. The third kappa shape index (κ3) is 5.59. The molecule has 4 aromatic rings. The number of nitrogens with zero attached hydrogens (tertiary/aromatic N) is 3. The maximum absolute atomic E-state index is 13.3. The average Bonchev–Trinajstić information content (AvgIpc) is 3.43. The van der Waals surface area contributed by atoms with E-state index in [1.807, 2.05) is 66.9 Å². The molecule has 35 heavy (non-hydrogen) atoms. The average molecular weight is 492 g/mol. The van der Waals surface area contributed by atoms with Gasteiger partial charge in [-0.2, -0.15) is 9.40 Å². The molecule has 1 aromatic heterocycles. The summed E-state index contributed by atoms with van der Waals surface area (Å²) in [5, 5.41) is 4.18. The summed E-state index contributed by atoms with van der Waals surface area (Å²) in [4.78, 5) is 12.6.